The number of hydrogen-bond acceptors (Lipinski definition) is 7. The van der Waals surface area contributed by atoms with E-state index in [0.29, 0.717) is 29.7 Å². The summed E-state index contributed by atoms with van der Waals surface area (Å²) in [5.41, 5.74) is 2.17. The van der Waals surface area contributed by atoms with Crippen LogP contribution in [0.3, 0.4) is 0 Å². The van der Waals surface area contributed by atoms with Crippen molar-refractivity contribution in [3.63, 3.8) is 0 Å². The van der Waals surface area contributed by atoms with Gasteiger partial charge in [-0.05, 0) is 32.4 Å². The summed E-state index contributed by atoms with van der Waals surface area (Å²) in [5.74, 6) is 2.05. The summed E-state index contributed by atoms with van der Waals surface area (Å²) >= 11 is 0. The molecule has 0 saturated carbocycles. The zero-order valence-electron chi connectivity index (χ0n) is 14.4. The van der Waals surface area contributed by atoms with Crippen LogP contribution in [0.1, 0.15) is 19.1 Å². The minimum atomic E-state index is 0.549. The Balaban J connectivity index is 1.86. The molecule has 0 spiro atoms. The summed E-state index contributed by atoms with van der Waals surface area (Å²) in [4.78, 5) is 17.5. The van der Waals surface area contributed by atoms with E-state index in [9.17, 15) is 0 Å². The topological polar surface area (TPSA) is 86.0 Å². The lowest BCUT2D eigenvalue weighted by Gasteiger charge is -2.09. The van der Waals surface area contributed by atoms with E-state index in [1.807, 2.05) is 26.0 Å². The summed E-state index contributed by atoms with van der Waals surface area (Å²) in [6, 6.07) is 3.81. The molecule has 3 heterocycles. The standard InChI is InChI=1S/C18H21N5O2/c1-3-24-10-4-7-21-18-22-11-14(15-12-19-8-9-20-15)17(23-18)16-6-5-13(2)25-16/h5-6,8-9,11-12H,3-4,7,10H2,1-2H3,(H,21,22,23). The molecule has 130 valence electrons. The van der Waals surface area contributed by atoms with Crippen LogP contribution in [0.15, 0.2) is 41.3 Å². The fourth-order valence-electron chi connectivity index (χ4n) is 2.36. The first-order valence-corrected chi connectivity index (χ1v) is 8.29. The smallest absolute Gasteiger partial charge is 0.223 e. The first-order valence-electron chi connectivity index (χ1n) is 8.29. The molecule has 0 atom stereocenters. The van der Waals surface area contributed by atoms with Gasteiger partial charge in [-0.3, -0.25) is 9.97 Å². The van der Waals surface area contributed by atoms with Gasteiger partial charge in [0.05, 0.1) is 11.9 Å². The Morgan fingerprint density at radius 2 is 2.08 bits per heavy atom. The summed E-state index contributed by atoms with van der Waals surface area (Å²) in [7, 11) is 0. The molecule has 25 heavy (non-hydrogen) atoms. The average molecular weight is 339 g/mol. The highest BCUT2D eigenvalue weighted by atomic mass is 16.5. The normalized spacial score (nSPS) is 10.8. The van der Waals surface area contributed by atoms with Crippen LogP contribution in [0.25, 0.3) is 22.7 Å². The van der Waals surface area contributed by atoms with Gasteiger partial charge < -0.3 is 14.5 Å². The number of nitrogens with one attached hydrogen (secondary N) is 1. The number of ether oxygens (including phenoxy) is 1. The minimum Gasteiger partial charge on any atom is -0.460 e. The quantitative estimate of drug-likeness (QED) is 0.630. The second-order valence-electron chi connectivity index (χ2n) is 5.43. The Bertz CT molecular complexity index is 804. The Labute approximate surface area is 146 Å². The third-order valence-corrected chi connectivity index (χ3v) is 3.55. The molecular weight excluding hydrogens is 318 g/mol. The first-order chi connectivity index (χ1) is 12.3. The second kappa shape index (κ2) is 8.34. The van der Waals surface area contributed by atoms with E-state index in [1.165, 1.54) is 0 Å². The van der Waals surface area contributed by atoms with E-state index in [4.69, 9.17) is 9.15 Å². The molecule has 0 unspecified atom stereocenters. The Hall–Kier alpha value is -2.80. The molecule has 3 rings (SSSR count). The molecule has 0 aromatic carbocycles. The molecule has 7 nitrogen and oxygen atoms in total. The lowest BCUT2D eigenvalue weighted by molar-refractivity contribution is 0.147. The van der Waals surface area contributed by atoms with E-state index in [2.05, 4.69) is 25.3 Å². The molecule has 0 aliphatic heterocycles. The molecule has 7 heteroatoms. The lowest BCUT2D eigenvalue weighted by Crippen LogP contribution is -2.09. The predicted octanol–water partition coefficient (Wildman–Crippen LogP) is 3.34. The summed E-state index contributed by atoms with van der Waals surface area (Å²) in [5, 5.41) is 3.22. The SMILES string of the molecule is CCOCCCNc1ncc(-c2cnccn2)c(-c2ccc(C)o2)n1. The number of aryl methyl sites for hydroxylation is 1. The van der Waals surface area contributed by atoms with E-state index in [1.54, 1.807) is 24.8 Å². The number of anilines is 1. The van der Waals surface area contributed by atoms with Gasteiger partial charge in [0, 0.05) is 43.9 Å². The molecule has 0 bridgehead atoms. The lowest BCUT2D eigenvalue weighted by atomic mass is 10.1. The molecule has 0 radical (unpaired) electrons. The van der Waals surface area contributed by atoms with Gasteiger partial charge in [0.25, 0.3) is 0 Å². The number of hydrogen-bond donors (Lipinski definition) is 1. The summed E-state index contributed by atoms with van der Waals surface area (Å²) < 4.78 is 11.1. The molecule has 0 fully saturated rings. The highest BCUT2D eigenvalue weighted by Crippen LogP contribution is 2.30. The molecule has 0 amide bonds. The van der Waals surface area contributed by atoms with Crippen molar-refractivity contribution >= 4 is 5.95 Å². The van der Waals surface area contributed by atoms with Gasteiger partial charge in [-0.2, -0.15) is 0 Å². The van der Waals surface area contributed by atoms with E-state index in [-0.39, 0.29) is 0 Å². The van der Waals surface area contributed by atoms with Crippen molar-refractivity contribution in [3.8, 4) is 22.7 Å². The Morgan fingerprint density at radius 1 is 1.16 bits per heavy atom. The maximum Gasteiger partial charge on any atom is 0.223 e. The third kappa shape index (κ3) is 4.39. The number of nitrogens with zero attached hydrogens (tertiary/aromatic N) is 4. The van der Waals surface area contributed by atoms with Gasteiger partial charge in [-0.15, -0.1) is 0 Å². The van der Waals surface area contributed by atoms with Gasteiger partial charge in [-0.1, -0.05) is 0 Å². The molecule has 0 saturated heterocycles. The second-order valence-corrected chi connectivity index (χ2v) is 5.43. The van der Waals surface area contributed by atoms with Crippen LogP contribution in [-0.2, 0) is 4.74 Å². The van der Waals surface area contributed by atoms with Crippen LogP contribution < -0.4 is 5.32 Å². The molecule has 3 aromatic heterocycles. The van der Waals surface area contributed by atoms with Crippen LogP contribution in [0.4, 0.5) is 5.95 Å². The molecular formula is C18H21N5O2. The van der Waals surface area contributed by atoms with Gasteiger partial charge in [0.15, 0.2) is 5.76 Å². The van der Waals surface area contributed by atoms with Gasteiger partial charge in [0.1, 0.15) is 11.5 Å². The largest absolute Gasteiger partial charge is 0.460 e. The van der Waals surface area contributed by atoms with Crippen molar-refractivity contribution in [1.82, 2.24) is 19.9 Å². The zero-order chi connectivity index (χ0) is 17.5. The third-order valence-electron chi connectivity index (χ3n) is 3.55. The Morgan fingerprint density at radius 3 is 2.80 bits per heavy atom. The predicted molar refractivity (Wildman–Crippen MR) is 95.1 cm³/mol. The van der Waals surface area contributed by atoms with E-state index < -0.39 is 0 Å². The van der Waals surface area contributed by atoms with Crippen molar-refractivity contribution in [2.45, 2.75) is 20.3 Å². The van der Waals surface area contributed by atoms with Crippen molar-refractivity contribution < 1.29 is 9.15 Å². The highest BCUT2D eigenvalue weighted by Gasteiger charge is 2.15. The summed E-state index contributed by atoms with van der Waals surface area (Å²) in [6.07, 6.45) is 7.60. The van der Waals surface area contributed by atoms with Gasteiger partial charge >= 0.3 is 0 Å². The van der Waals surface area contributed by atoms with Crippen molar-refractivity contribution in [3.05, 3.63) is 42.7 Å². The van der Waals surface area contributed by atoms with Crippen molar-refractivity contribution in [2.24, 2.45) is 0 Å². The maximum atomic E-state index is 5.76. The van der Waals surface area contributed by atoms with E-state index >= 15 is 0 Å². The molecule has 0 aliphatic rings. The van der Waals surface area contributed by atoms with Crippen molar-refractivity contribution in [2.75, 3.05) is 25.1 Å². The van der Waals surface area contributed by atoms with Crippen LogP contribution in [0, 0.1) is 6.92 Å². The van der Waals surface area contributed by atoms with Crippen LogP contribution >= 0.6 is 0 Å². The maximum absolute atomic E-state index is 5.76. The van der Waals surface area contributed by atoms with Gasteiger partial charge in [0.2, 0.25) is 5.95 Å². The number of aromatic nitrogens is 4. The zero-order valence-corrected chi connectivity index (χ0v) is 14.4. The fraction of sp³-hybridized carbons (Fsp3) is 0.333. The van der Waals surface area contributed by atoms with Gasteiger partial charge in [-0.25, -0.2) is 9.97 Å². The van der Waals surface area contributed by atoms with Crippen LogP contribution in [0.5, 0.6) is 0 Å². The highest BCUT2D eigenvalue weighted by molar-refractivity contribution is 5.76. The fourth-order valence-corrected chi connectivity index (χ4v) is 2.36. The van der Waals surface area contributed by atoms with E-state index in [0.717, 1.165) is 30.9 Å². The van der Waals surface area contributed by atoms with Crippen LogP contribution in [0.2, 0.25) is 0 Å². The number of rotatable bonds is 8. The molecule has 0 aliphatic carbocycles. The Kier molecular flexibility index (Phi) is 5.69. The molecule has 3 aromatic rings. The monoisotopic (exact) mass is 339 g/mol. The minimum absolute atomic E-state index is 0.549. The summed E-state index contributed by atoms with van der Waals surface area (Å²) in [6.45, 7) is 6.07. The molecule has 1 N–H and O–H groups in total. The van der Waals surface area contributed by atoms with Crippen LogP contribution in [-0.4, -0.2) is 39.7 Å². The first kappa shape index (κ1) is 17.0. The average Bonchev–Trinajstić information content (AvgIpc) is 3.08. The van der Waals surface area contributed by atoms with Crippen molar-refractivity contribution in [1.29, 1.82) is 0 Å². The number of furan rings is 1.